The van der Waals surface area contributed by atoms with Crippen LogP contribution in [0.25, 0.3) is 11.4 Å². The maximum atomic E-state index is 11.9. The largest absolute Gasteiger partial charge is 0.372 e. The lowest BCUT2D eigenvalue weighted by Crippen LogP contribution is -2.19. The topological polar surface area (TPSA) is 90.1 Å². The third kappa shape index (κ3) is 4.48. The van der Waals surface area contributed by atoms with Gasteiger partial charge in [-0.1, -0.05) is 23.4 Å². The van der Waals surface area contributed by atoms with Crippen molar-refractivity contribution in [2.24, 2.45) is 0 Å². The van der Waals surface area contributed by atoms with Crippen LogP contribution in [0.1, 0.15) is 18.4 Å². The van der Waals surface area contributed by atoms with E-state index in [0.29, 0.717) is 30.4 Å². The minimum Gasteiger partial charge on any atom is -0.372 e. The molecule has 7 nitrogen and oxygen atoms in total. The number of ether oxygens (including phenoxy) is 1. The number of benzene rings is 1. The van der Waals surface area contributed by atoms with Gasteiger partial charge in [0.2, 0.25) is 17.6 Å². The molecule has 0 aliphatic heterocycles. The smallest absolute Gasteiger partial charge is 0.250 e. The second-order valence-corrected chi connectivity index (χ2v) is 5.27. The van der Waals surface area contributed by atoms with Crippen LogP contribution in [-0.4, -0.2) is 34.2 Å². The molecule has 0 unspecified atom stereocenters. The first-order valence-electron chi connectivity index (χ1n) is 7.94. The number of anilines is 1. The van der Waals surface area contributed by atoms with Crippen molar-refractivity contribution in [3.05, 3.63) is 60.2 Å². The van der Waals surface area contributed by atoms with E-state index < -0.39 is 0 Å². The fourth-order valence-electron chi connectivity index (χ4n) is 2.29. The van der Waals surface area contributed by atoms with Crippen molar-refractivity contribution in [1.82, 2.24) is 15.1 Å². The zero-order chi connectivity index (χ0) is 17.5. The Hall–Kier alpha value is -3.06. The summed E-state index contributed by atoms with van der Waals surface area (Å²) in [6, 6.07) is 11.1. The number of hydrogen-bond donors (Lipinski definition) is 1. The maximum Gasteiger partial charge on any atom is 0.250 e. The third-order valence-electron chi connectivity index (χ3n) is 3.48. The Balaban J connectivity index is 1.73. The molecule has 0 aliphatic rings. The number of amides is 1. The van der Waals surface area contributed by atoms with Gasteiger partial charge >= 0.3 is 0 Å². The molecule has 3 rings (SSSR count). The first-order valence-corrected chi connectivity index (χ1v) is 7.94. The summed E-state index contributed by atoms with van der Waals surface area (Å²) < 4.78 is 10.4. The fourth-order valence-corrected chi connectivity index (χ4v) is 2.29. The molecule has 0 fully saturated rings. The first-order chi connectivity index (χ1) is 12.3. The second-order valence-electron chi connectivity index (χ2n) is 5.27. The lowest BCUT2D eigenvalue weighted by molar-refractivity contribution is -0.120. The summed E-state index contributed by atoms with van der Waals surface area (Å²) in [6.45, 7) is 2.36. The Morgan fingerprint density at radius 2 is 2.00 bits per heavy atom. The highest BCUT2D eigenvalue weighted by Gasteiger charge is 2.12. The van der Waals surface area contributed by atoms with Crippen molar-refractivity contribution in [1.29, 1.82) is 0 Å². The number of nitrogens with zero attached hydrogens (tertiary/aromatic N) is 3. The molecule has 1 amide bonds. The van der Waals surface area contributed by atoms with Gasteiger partial charge in [0.05, 0.1) is 6.42 Å². The van der Waals surface area contributed by atoms with Gasteiger partial charge in [-0.15, -0.1) is 0 Å². The van der Waals surface area contributed by atoms with Gasteiger partial charge in [-0.2, -0.15) is 4.98 Å². The molecule has 128 valence electrons. The van der Waals surface area contributed by atoms with Crippen molar-refractivity contribution in [2.75, 3.05) is 18.5 Å². The highest BCUT2D eigenvalue weighted by Crippen LogP contribution is 2.20. The predicted octanol–water partition coefficient (Wildman–Crippen LogP) is 2.70. The molecule has 0 bridgehead atoms. The molecule has 0 saturated heterocycles. The third-order valence-corrected chi connectivity index (χ3v) is 3.48. The van der Waals surface area contributed by atoms with E-state index in [1.54, 1.807) is 12.4 Å². The summed E-state index contributed by atoms with van der Waals surface area (Å²) in [5.74, 6) is 0.783. The molecule has 0 atom stereocenters. The molecule has 0 saturated carbocycles. The van der Waals surface area contributed by atoms with E-state index in [0.717, 1.165) is 11.1 Å². The monoisotopic (exact) mass is 338 g/mol. The predicted molar refractivity (Wildman–Crippen MR) is 91.9 cm³/mol. The van der Waals surface area contributed by atoms with Crippen LogP contribution in [0.2, 0.25) is 0 Å². The summed E-state index contributed by atoms with van der Waals surface area (Å²) in [5, 5.41) is 6.83. The summed E-state index contributed by atoms with van der Waals surface area (Å²) in [7, 11) is 0. The molecule has 1 aromatic carbocycles. The van der Waals surface area contributed by atoms with E-state index in [9.17, 15) is 4.79 Å². The molecule has 1 N–H and O–H groups in total. The van der Waals surface area contributed by atoms with Crippen LogP contribution in [0, 0.1) is 0 Å². The van der Waals surface area contributed by atoms with E-state index in [1.165, 1.54) is 0 Å². The van der Waals surface area contributed by atoms with E-state index in [-0.39, 0.29) is 12.5 Å². The Labute approximate surface area is 145 Å². The Kier molecular flexibility index (Phi) is 5.48. The second kappa shape index (κ2) is 8.16. The summed E-state index contributed by atoms with van der Waals surface area (Å²) in [5.41, 5.74) is 2.43. The molecule has 2 heterocycles. The molecule has 0 radical (unpaired) electrons. The normalized spacial score (nSPS) is 10.6. The highest BCUT2D eigenvalue weighted by molar-refractivity contribution is 5.92. The molecular formula is C18H18N4O3. The van der Waals surface area contributed by atoms with Crippen LogP contribution in [0.15, 0.2) is 53.3 Å². The van der Waals surface area contributed by atoms with Crippen LogP contribution in [0.5, 0.6) is 0 Å². The van der Waals surface area contributed by atoms with Gasteiger partial charge in [0.25, 0.3) is 0 Å². The zero-order valence-electron chi connectivity index (χ0n) is 13.8. The molecule has 2 aromatic heterocycles. The van der Waals surface area contributed by atoms with Gasteiger partial charge in [-0.05, 0) is 30.7 Å². The van der Waals surface area contributed by atoms with Crippen LogP contribution >= 0.6 is 0 Å². The Bertz CT molecular complexity index is 833. The molecule has 3 aromatic rings. The number of aromatic nitrogens is 3. The quantitative estimate of drug-likeness (QED) is 0.712. The standard InChI is InChI=1S/C18H18N4O3/c1-2-24-12-16(23)20-15-6-4-3-5-14(15)11-17-21-18(22-25-17)13-7-9-19-10-8-13/h3-10H,2,11-12H2,1H3,(H,20,23). The van der Waals surface area contributed by atoms with E-state index in [1.807, 2.05) is 43.3 Å². The van der Waals surface area contributed by atoms with Gasteiger partial charge in [0, 0.05) is 30.3 Å². The maximum absolute atomic E-state index is 11.9. The summed E-state index contributed by atoms with van der Waals surface area (Å²) >= 11 is 0. The first kappa shape index (κ1) is 16.8. The average molecular weight is 338 g/mol. The van der Waals surface area contributed by atoms with Gasteiger partial charge in [-0.25, -0.2) is 0 Å². The fraction of sp³-hybridized carbons (Fsp3) is 0.222. The van der Waals surface area contributed by atoms with Crippen LogP contribution in [0.3, 0.4) is 0 Å². The molecular weight excluding hydrogens is 320 g/mol. The van der Waals surface area contributed by atoms with Gasteiger partial charge in [-0.3, -0.25) is 9.78 Å². The van der Waals surface area contributed by atoms with Crippen LogP contribution < -0.4 is 5.32 Å². The zero-order valence-corrected chi connectivity index (χ0v) is 13.8. The summed E-state index contributed by atoms with van der Waals surface area (Å²) in [4.78, 5) is 20.2. The number of carbonyl (C=O) groups is 1. The van der Waals surface area contributed by atoms with Gasteiger partial charge in [0.1, 0.15) is 6.61 Å². The van der Waals surface area contributed by atoms with Crippen molar-refractivity contribution in [3.8, 4) is 11.4 Å². The number of nitrogens with one attached hydrogen (secondary N) is 1. The molecule has 7 heteroatoms. The Morgan fingerprint density at radius 1 is 1.20 bits per heavy atom. The van der Waals surface area contributed by atoms with Crippen molar-refractivity contribution >= 4 is 11.6 Å². The lowest BCUT2D eigenvalue weighted by Gasteiger charge is -2.09. The van der Waals surface area contributed by atoms with Gasteiger partial charge < -0.3 is 14.6 Å². The van der Waals surface area contributed by atoms with E-state index in [4.69, 9.17) is 9.26 Å². The number of para-hydroxylation sites is 1. The van der Waals surface area contributed by atoms with E-state index >= 15 is 0 Å². The van der Waals surface area contributed by atoms with Gasteiger partial charge in [0.15, 0.2) is 0 Å². The number of carbonyl (C=O) groups excluding carboxylic acids is 1. The van der Waals surface area contributed by atoms with Crippen LogP contribution in [0.4, 0.5) is 5.69 Å². The number of rotatable bonds is 7. The van der Waals surface area contributed by atoms with Crippen molar-refractivity contribution < 1.29 is 14.1 Å². The van der Waals surface area contributed by atoms with Crippen molar-refractivity contribution in [3.63, 3.8) is 0 Å². The summed E-state index contributed by atoms with van der Waals surface area (Å²) in [6.07, 6.45) is 3.77. The lowest BCUT2D eigenvalue weighted by atomic mass is 10.1. The minimum atomic E-state index is -0.197. The number of pyridine rings is 1. The molecule has 0 spiro atoms. The van der Waals surface area contributed by atoms with Crippen LogP contribution in [-0.2, 0) is 16.0 Å². The highest BCUT2D eigenvalue weighted by atomic mass is 16.5. The number of hydrogen-bond acceptors (Lipinski definition) is 6. The Morgan fingerprint density at radius 3 is 2.80 bits per heavy atom. The average Bonchev–Trinajstić information content (AvgIpc) is 3.11. The SMILES string of the molecule is CCOCC(=O)Nc1ccccc1Cc1nc(-c2ccncc2)no1. The minimum absolute atomic E-state index is 0.0254. The van der Waals surface area contributed by atoms with Crippen molar-refractivity contribution in [2.45, 2.75) is 13.3 Å². The molecule has 0 aliphatic carbocycles. The molecule has 25 heavy (non-hydrogen) atoms. The van der Waals surface area contributed by atoms with E-state index in [2.05, 4.69) is 20.4 Å².